The van der Waals surface area contributed by atoms with E-state index in [-0.39, 0.29) is 5.56 Å². The highest BCUT2D eigenvalue weighted by Gasteiger charge is 2.15. The number of nitrogens with zero attached hydrogens (tertiary/aromatic N) is 1. The van der Waals surface area contributed by atoms with Gasteiger partial charge in [0.15, 0.2) is 0 Å². The van der Waals surface area contributed by atoms with Crippen LogP contribution in [0.2, 0.25) is 5.02 Å². The number of H-pyrrole nitrogens is 1. The summed E-state index contributed by atoms with van der Waals surface area (Å²) in [6.07, 6.45) is 0.735. The zero-order valence-corrected chi connectivity index (χ0v) is 10.4. The Hall–Kier alpha value is -1.65. The molecule has 0 fully saturated rings. The van der Waals surface area contributed by atoms with E-state index in [1.165, 1.54) is 0 Å². The molecule has 0 saturated heterocycles. The van der Waals surface area contributed by atoms with Gasteiger partial charge in [0.1, 0.15) is 5.82 Å². The number of rotatable bonds is 1. The summed E-state index contributed by atoms with van der Waals surface area (Å²) >= 11 is 5.84. The Morgan fingerprint density at radius 2 is 2.00 bits per heavy atom. The van der Waals surface area contributed by atoms with E-state index >= 15 is 0 Å². The molecule has 5 heteroatoms. The molecule has 1 aromatic heterocycles. The second-order valence-electron chi connectivity index (χ2n) is 4.27. The molecule has 0 amide bonds. The summed E-state index contributed by atoms with van der Waals surface area (Å²) in [7, 11) is 0. The highest BCUT2D eigenvalue weighted by molar-refractivity contribution is 6.30. The van der Waals surface area contributed by atoms with Gasteiger partial charge in [0.25, 0.3) is 5.56 Å². The van der Waals surface area contributed by atoms with Crippen LogP contribution in [0.5, 0.6) is 0 Å². The molecular formula is C13H12ClN3O. The van der Waals surface area contributed by atoms with Crippen molar-refractivity contribution in [3.05, 3.63) is 50.9 Å². The molecule has 1 aliphatic heterocycles. The van der Waals surface area contributed by atoms with Crippen molar-refractivity contribution in [2.24, 2.45) is 0 Å². The number of fused-ring (bicyclic) bond motifs is 1. The number of aromatic nitrogens is 2. The van der Waals surface area contributed by atoms with Gasteiger partial charge in [-0.3, -0.25) is 4.79 Å². The predicted molar refractivity (Wildman–Crippen MR) is 70.7 cm³/mol. The van der Waals surface area contributed by atoms with E-state index in [1.807, 2.05) is 12.1 Å². The average molecular weight is 262 g/mol. The van der Waals surface area contributed by atoms with Crippen LogP contribution in [0.1, 0.15) is 11.3 Å². The van der Waals surface area contributed by atoms with Gasteiger partial charge in [0.2, 0.25) is 0 Å². The zero-order chi connectivity index (χ0) is 12.5. The lowest BCUT2D eigenvalue weighted by atomic mass is 10.1. The van der Waals surface area contributed by atoms with Crippen molar-refractivity contribution in [2.75, 3.05) is 6.54 Å². The second kappa shape index (κ2) is 4.55. The topological polar surface area (TPSA) is 57.8 Å². The van der Waals surface area contributed by atoms with Crippen molar-refractivity contribution in [3.63, 3.8) is 0 Å². The lowest BCUT2D eigenvalue weighted by molar-refractivity contribution is 0.619. The third-order valence-corrected chi connectivity index (χ3v) is 3.31. The number of hydrogen-bond donors (Lipinski definition) is 2. The summed E-state index contributed by atoms with van der Waals surface area (Å²) in [6, 6.07) is 7.27. The van der Waals surface area contributed by atoms with Gasteiger partial charge < -0.3 is 10.3 Å². The zero-order valence-electron chi connectivity index (χ0n) is 9.66. The molecule has 0 bridgehead atoms. The van der Waals surface area contributed by atoms with Crippen molar-refractivity contribution >= 4 is 11.6 Å². The molecule has 3 rings (SSSR count). The predicted octanol–water partition coefficient (Wildman–Crippen LogP) is 1.74. The first-order valence-electron chi connectivity index (χ1n) is 5.83. The lowest BCUT2D eigenvalue weighted by Crippen LogP contribution is -2.31. The van der Waals surface area contributed by atoms with Crippen LogP contribution in [-0.2, 0) is 13.0 Å². The first-order chi connectivity index (χ1) is 8.74. The number of nitrogens with one attached hydrogen (secondary N) is 2. The van der Waals surface area contributed by atoms with Crippen LogP contribution in [0.15, 0.2) is 29.1 Å². The van der Waals surface area contributed by atoms with E-state index in [0.29, 0.717) is 17.4 Å². The number of benzene rings is 1. The highest BCUT2D eigenvalue weighted by atomic mass is 35.5. The Balaban J connectivity index is 2.11. The summed E-state index contributed by atoms with van der Waals surface area (Å²) < 4.78 is 0. The van der Waals surface area contributed by atoms with Crippen molar-refractivity contribution in [1.82, 2.24) is 15.3 Å². The highest BCUT2D eigenvalue weighted by Crippen LogP contribution is 2.18. The molecule has 0 radical (unpaired) electrons. The smallest absolute Gasteiger partial charge is 0.254 e. The molecule has 0 unspecified atom stereocenters. The number of halogens is 1. The molecule has 2 N–H and O–H groups in total. The van der Waals surface area contributed by atoms with Crippen LogP contribution in [-0.4, -0.2) is 16.5 Å². The fourth-order valence-corrected chi connectivity index (χ4v) is 2.24. The Morgan fingerprint density at radius 1 is 1.22 bits per heavy atom. The van der Waals surface area contributed by atoms with Gasteiger partial charge in [0, 0.05) is 22.7 Å². The minimum Gasteiger partial charge on any atom is -0.311 e. The fraction of sp³-hybridized carbons (Fsp3) is 0.231. The normalized spacial score (nSPS) is 14.3. The summed E-state index contributed by atoms with van der Waals surface area (Å²) in [5.74, 6) is 0.596. The Bertz CT molecular complexity index is 634. The average Bonchev–Trinajstić information content (AvgIpc) is 2.39. The van der Waals surface area contributed by atoms with E-state index < -0.39 is 0 Å². The molecule has 18 heavy (non-hydrogen) atoms. The van der Waals surface area contributed by atoms with Crippen molar-refractivity contribution in [1.29, 1.82) is 0 Å². The maximum Gasteiger partial charge on any atom is 0.254 e. The maximum atomic E-state index is 12.0. The summed E-state index contributed by atoms with van der Waals surface area (Å²) in [5, 5.41) is 3.89. The van der Waals surface area contributed by atoms with Gasteiger partial charge in [-0.1, -0.05) is 11.6 Å². The first-order valence-corrected chi connectivity index (χ1v) is 6.20. The summed E-state index contributed by atoms with van der Waals surface area (Å²) in [4.78, 5) is 19.3. The SMILES string of the molecule is O=c1[nH]c(-c2ccc(Cl)cc2)nc2c1CCNC2. The van der Waals surface area contributed by atoms with E-state index in [0.717, 1.165) is 29.8 Å². The molecule has 0 atom stereocenters. The third-order valence-electron chi connectivity index (χ3n) is 3.06. The van der Waals surface area contributed by atoms with Crippen LogP contribution in [0.25, 0.3) is 11.4 Å². The minimum absolute atomic E-state index is 0.0357. The van der Waals surface area contributed by atoms with Crippen LogP contribution >= 0.6 is 11.6 Å². The Morgan fingerprint density at radius 3 is 2.78 bits per heavy atom. The first kappa shape index (κ1) is 11.4. The standard InChI is InChI=1S/C13H12ClN3O/c14-9-3-1-8(2-4-9)12-16-11-7-15-6-5-10(11)13(18)17-12/h1-4,15H,5-7H2,(H,16,17,18). The molecule has 2 aromatic rings. The molecule has 1 aliphatic rings. The van der Waals surface area contributed by atoms with Gasteiger partial charge in [-0.25, -0.2) is 4.98 Å². The van der Waals surface area contributed by atoms with Crippen LogP contribution < -0.4 is 10.9 Å². The molecule has 0 spiro atoms. The quantitative estimate of drug-likeness (QED) is 0.822. The monoisotopic (exact) mass is 261 g/mol. The number of hydrogen-bond acceptors (Lipinski definition) is 3. The largest absolute Gasteiger partial charge is 0.311 e. The maximum absolute atomic E-state index is 12.0. The molecule has 2 heterocycles. The van der Waals surface area contributed by atoms with E-state index in [1.54, 1.807) is 12.1 Å². The van der Waals surface area contributed by atoms with Crippen molar-refractivity contribution in [2.45, 2.75) is 13.0 Å². The van der Waals surface area contributed by atoms with E-state index in [9.17, 15) is 4.79 Å². The molecular weight excluding hydrogens is 250 g/mol. The third kappa shape index (κ3) is 2.05. The van der Waals surface area contributed by atoms with Gasteiger partial charge in [-0.2, -0.15) is 0 Å². The van der Waals surface area contributed by atoms with Crippen molar-refractivity contribution < 1.29 is 0 Å². The van der Waals surface area contributed by atoms with Crippen LogP contribution in [0.3, 0.4) is 0 Å². The van der Waals surface area contributed by atoms with Gasteiger partial charge >= 0.3 is 0 Å². The van der Waals surface area contributed by atoms with Gasteiger partial charge in [0.05, 0.1) is 5.69 Å². The molecule has 92 valence electrons. The van der Waals surface area contributed by atoms with Crippen molar-refractivity contribution in [3.8, 4) is 11.4 Å². The summed E-state index contributed by atoms with van der Waals surface area (Å²) in [6.45, 7) is 1.48. The Kier molecular flexibility index (Phi) is 2.89. The lowest BCUT2D eigenvalue weighted by Gasteiger charge is -2.15. The molecule has 4 nitrogen and oxygen atoms in total. The molecule has 0 aliphatic carbocycles. The van der Waals surface area contributed by atoms with Crippen LogP contribution in [0, 0.1) is 0 Å². The number of aromatic amines is 1. The fourth-order valence-electron chi connectivity index (χ4n) is 2.11. The van der Waals surface area contributed by atoms with E-state index in [2.05, 4.69) is 15.3 Å². The Labute approximate surface area is 109 Å². The van der Waals surface area contributed by atoms with Gasteiger partial charge in [-0.05, 0) is 37.2 Å². The van der Waals surface area contributed by atoms with E-state index in [4.69, 9.17) is 11.6 Å². The minimum atomic E-state index is -0.0357. The second-order valence-corrected chi connectivity index (χ2v) is 4.71. The molecule has 1 aromatic carbocycles. The van der Waals surface area contributed by atoms with Crippen LogP contribution in [0.4, 0.5) is 0 Å². The van der Waals surface area contributed by atoms with Gasteiger partial charge in [-0.15, -0.1) is 0 Å². The molecule has 0 saturated carbocycles. The summed E-state index contributed by atoms with van der Waals surface area (Å²) in [5.41, 5.74) is 2.47.